The number of rotatable bonds is 6. The zero-order valence-electron chi connectivity index (χ0n) is 20.3. The first kappa shape index (κ1) is 25.5. The first-order valence-corrected chi connectivity index (χ1v) is 13.0. The molecule has 2 aliphatic rings. The molecule has 194 valence electrons. The molecule has 3 aromatic rings. The molecule has 0 radical (unpaired) electrons. The van der Waals surface area contributed by atoms with Crippen LogP contribution in [-0.2, 0) is 19.1 Å². The molecule has 1 aliphatic heterocycles. The van der Waals surface area contributed by atoms with Crippen molar-refractivity contribution in [2.75, 3.05) is 11.5 Å². The van der Waals surface area contributed by atoms with Crippen LogP contribution in [0.5, 0.6) is 0 Å². The number of carbonyl (C=O) groups excluding carboxylic acids is 3. The lowest BCUT2D eigenvalue weighted by Crippen LogP contribution is -2.46. The molecule has 0 fully saturated rings. The molecule has 0 N–H and O–H groups in total. The Bertz CT molecular complexity index is 1450. The lowest BCUT2D eigenvalue weighted by atomic mass is 9.69. The van der Waals surface area contributed by atoms with Crippen LogP contribution in [0.2, 0.25) is 0 Å². The van der Waals surface area contributed by atoms with Crippen LogP contribution in [-0.4, -0.2) is 29.2 Å². The number of nitrogens with zero attached hydrogens (tertiary/aromatic N) is 2. The average Bonchev–Trinajstić information content (AvgIpc) is 3.44. The van der Waals surface area contributed by atoms with E-state index in [1.807, 2.05) is 17.5 Å². The number of ketones is 1. The number of esters is 1. The van der Waals surface area contributed by atoms with Crippen LogP contribution in [0.15, 0.2) is 77.3 Å². The summed E-state index contributed by atoms with van der Waals surface area (Å²) in [7, 11) is 0. The van der Waals surface area contributed by atoms with Crippen molar-refractivity contribution >= 4 is 40.4 Å². The molecular weight excluding hydrogens is 511 g/mol. The number of ether oxygens (including phenoxy) is 1. The van der Waals surface area contributed by atoms with Gasteiger partial charge in [0.2, 0.25) is 5.91 Å². The standard InChI is InChI=1S/C28H23FN2O6S/c1-2-37-28(34)26-21(23-7-4-12-38-23)14-22-25(27(26)33)20(16-5-3-6-19(13-16)31(35)36)15-24(32)30(22)18-10-8-17(29)9-11-18/h3-13,20-21,26H,2,14-15H2,1H3/t20-,21-,26-/m0/s1. The van der Waals surface area contributed by atoms with Gasteiger partial charge in [0.05, 0.1) is 11.5 Å². The summed E-state index contributed by atoms with van der Waals surface area (Å²) in [5.74, 6) is -4.41. The predicted molar refractivity (Wildman–Crippen MR) is 138 cm³/mol. The van der Waals surface area contributed by atoms with Crippen molar-refractivity contribution in [3.8, 4) is 0 Å². The van der Waals surface area contributed by atoms with Crippen LogP contribution in [0, 0.1) is 21.8 Å². The van der Waals surface area contributed by atoms with E-state index in [4.69, 9.17) is 4.74 Å². The number of benzene rings is 2. The number of halogens is 1. The third kappa shape index (κ3) is 4.51. The van der Waals surface area contributed by atoms with Crippen molar-refractivity contribution in [1.82, 2.24) is 0 Å². The number of nitro groups is 1. The van der Waals surface area contributed by atoms with Gasteiger partial charge in [0.15, 0.2) is 5.78 Å². The van der Waals surface area contributed by atoms with E-state index in [1.165, 1.54) is 58.7 Å². The van der Waals surface area contributed by atoms with E-state index in [1.54, 1.807) is 13.0 Å². The number of anilines is 1. The number of hydrogen-bond acceptors (Lipinski definition) is 7. The monoisotopic (exact) mass is 534 g/mol. The summed E-state index contributed by atoms with van der Waals surface area (Å²) in [4.78, 5) is 54.2. The van der Waals surface area contributed by atoms with Crippen LogP contribution in [0.25, 0.3) is 0 Å². The second-order valence-electron chi connectivity index (χ2n) is 9.09. The Labute approximate surface area is 221 Å². The number of amides is 1. The van der Waals surface area contributed by atoms with Gasteiger partial charge >= 0.3 is 5.97 Å². The maximum absolute atomic E-state index is 14.2. The van der Waals surface area contributed by atoms with Gasteiger partial charge in [0.1, 0.15) is 11.7 Å². The second kappa shape index (κ2) is 10.3. The minimum absolute atomic E-state index is 0.0974. The van der Waals surface area contributed by atoms with E-state index in [-0.39, 0.29) is 36.6 Å². The highest BCUT2D eigenvalue weighted by molar-refractivity contribution is 7.10. The van der Waals surface area contributed by atoms with Gasteiger partial charge in [-0.1, -0.05) is 18.2 Å². The third-order valence-corrected chi connectivity index (χ3v) is 7.94. The predicted octanol–water partition coefficient (Wildman–Crippen LogP) is 5.51. The van der Waals surface area contributed by atoms with E-state index >= 15 is 0 Å². The molecular formula is C28H23FN2O6S. The molecule has 2 aromatic carbocycles. The minimum atomic E-state index is -1.13. The molecule has 0 saturated carbocycles. The average molecular weight is 535 g/mol. The van der Waals surface area contributed by atoms with E-state index in [0.717, 1.165) is 4.88 Å². The lowest BCUT2D eigenvalue weighted by molar-refractivity contribution is -0.384. The fourth-order valence-electron chi connectivity index (χ4n) is 5.33. The van der Waals surface area contributed by atoms with Gasteiger partial charge in [-0.05, 0) is 54.6 Å². The molecule has 10 heteroatoms. The number of allylic oxidation sites excluding steroid dienone is 2. The topological polar surface area (TPSA) is 107 Å². The van der Waals surface area contributed by atoms with Crippen molar-refractivity contribution in [1.29, 1.82) is 0 Å². The largest absolute Gasteiger partial charge is 0.465 e. The van der Waals surface area contributed by atoms with Crippen LogP contribution >= 0.6 is 11.3 Å². The summed E-state index contributed by atoms with van der Waals surface area (Å²) in [6, 6.07) is 14.9. The fourth-order valence-corrected chi connectivity index (χ4v) is 6.20. The first-order chi connectivity index (χ1) is 18.3. The highest BCUT2D eigenvalue weighted by Gasteiger charge is 2.50. The molecule has 0 unspecified atom stereocenters. The summed E-state index contributed by atoms with van der Waals surface area (Å²) in [6.07, 6.45) is 0.0297. The van der Waals surface area contributed by atoms with Gasteiger partial charge in [-0.15, -0.1) is 11.3 Å². The van der Waals surface area contributed by atoms with Crippen molar-refractivity contribution in [3.63, 3.8) is 0 Å². The van der Waals surface area contributed by atoms with Crippen molar-refractivity contribution in [2.24, 2.45) is 5.92 Å². The molecule has 2 heterocycles. The molecule has 5 rings (SSSR count). The van der Waals surface area contributed by atoms with Crippen LogP contribution in [0.4, 0.5) is 15.8 Å². The molecule has 1 amide bonds. The quantitative estimate of drug-likeness (QED) is 0.179. The number of nitro benzene ring substituents is 1. The molecule has 8 nitrogen and oxygen atoms in total. The molecule has 0 saturated heterocycles. The summed E-state index contributed by atoms with van der Waals surface area (Å²) >= 11 is 1.40. The number of non-ortho nitro benzene ring substituents is 1. The van der Waals surface area contributed by atoms with Crippen LogP contribution in [0.1, 0.15) is 42.0 Å². The summed E-state index contributed by atoms with van der Waals surface area (Å²) in [6.45, 7) is 1.76. The van der Waals surface area contributed by atoms with E-state index < -0.39 is 40.2 Å². The van der Waals surface area contributed by atoms with Crippen molar-refractivity contribution in [3.05, 3.63) is 104 Å². The Balaban J connectivity index is 1.72. The smallest absolute Gasteiger partial charge is 0.317 e. The minimum Gasteiger partial charge on any atom is -0.465 e. The Morgan fingerprint density at radius 1 is 1.13 bits per heavy atom. The molecule has 0 spiro atoms. The normalized spacial score (nSPS) is 21.3. The SMILES string of the molecule is CCOC(=O)[C@@H]1C(=O)C2=C(C[C@H]1c1cccs1)N(c1ccc(F)cc1)C(=O)C[C@H]2c1cccc([N+](=O)[O-])c1. The highest BCUT2D eigenvalue weighted by Crippen LogP contribution is 2.50. The zero-order chi connectivity index (χ0) is 27.0. The zero-order valence-corrected chi connectivity index (χ0v) is 21.2. The van der Waals surface area contributed by atoms with Gasteiger partial charge in [-0.2, -0.15) is 0 Å². The van der Waals surface area contributed by atoms with Crippen LogP contribution < -0.4 is 4.90 Å². The molecule has 38 heavy (non-hydrogen) atoms. The van der Waals surface area contributed by atoms with E-state index in [2.05, 4.69) is 0 Å². The maximum Gasteiger partial charge on any atom is 0.317 e. The maximum atomic E-state index is 14.2. The fraction of sp³-hybridized carbons (Fsp3) is 0.250. The van der Waals surface area contributed by atoms with Gasteiger partial charge < -0.3 is 4.74 Å². The van der Waals surface area contributed by atoms with Gasteiger partial charge in [-0.3, -0.25) is 29.4 Å². The highest BCUT2D eigenvalue weighted by atomic mass is 32.1. The summed E-state index contributed by atoms with van der Waals surface area (Å²) in [5, 5.41) is 13.3. The number of thiophene rings is 1. The van der Waals surface area contributed by atoms with E-state index in [9.17, 15) is 28.9 Å². The van der Waals surface area contributed by atoms with Crippen molar-refractivity contribution in [2.45, 2.75) is 31.6 Å². The molecule has 1 aliphatic carbocycles. The van der Waals surface area contributed by atoms with Gasteiger partial charge in [0.25, 0.3) is 5.69 Å². The van der Waals surface area contributed by atoms with Gasteiger partial charge in [-0.25, -0.2) is 4.39 Å². The number of hydrogen-bond donors (Lipinski definition) is 0. The van der Waals surface area contributed by atoms with E-state index in [0.29, 0.717) is 16.9 Å². The third-order valence-electron chi connectivity index (χ3n) is 6.94. The number of carbonyl (C=O) groups is 3. The van der Waals surface area contributed by atoms with Crippen molar-refractivity contribution < 1.29 is 28.4 Å². The molecule has 1 aromatic heterocycles. The van der Waals surface area contributed by atoms with Crippen LogP contribution in [0.3, 0.4) is 0 Å². The van der Waals surface area contributed by atoms with Gasteiger partial charge in [0, 0.05) is 52.2 Å². The first-order valence-electron chi connectivity index (χ1n) is 12.1. The Kier molecular flexibility index (Phi) is 6.90. The number of Topliss-reactive ketones (excluding diaryl/α,β-unsaturated/α-hetero) is 1. The molecule has 0 bridgehead atoms. The Morgan fingerprint density at radius 2 is 1.89 bits per heavy atom. The summed E-state index contributed by atoms with van der Waals surface area (Å²) in [5.41, 5.74) is 1.33. The second-order valence-corrected chi connectivity index (χ2v) is 10.1. The Hall–Kier alpha value is -4.18. The Morgan fingerprint density at radius 3 is 2.55 bits per heavy atom. The molecule has 3 atom stereocenters. The summed E-state index contributed by atoms with van der Waals surface area (Å²) < 4.78 is 19.0. The lowest BCUT2D eigenvalue weighted by Gasteiger charge is -2.42.